The number of aromatic amines is 1. The maximum absolute atomic E-state index is 13.6. The highest BCUT2D eigenvalue weighted by atomic mass is 35.5. The smallest absolute Gasteiger partial charge is 0.333 e. The van der Waals surface area contributed by atoms with Crippen LogP contribution in [0.15, 0.2) is 47.3 Å². The van der Waals surface area contributed by atoms with Crippen LogP contribution in [0.2, 0.25) is 5.02 Å². The summed E-state index contributed by atoms with van der Waals surface area (Å²) in [5.74, 6) is 1.02. The molecule has 0 saturated heterocycles. The number of nitriles is 2. The van der Waals surface area contributed by atoms with Crippen LogP contribution in [0.5, 0.6) is 11.5 Å². The van der Waals surface area contributed by atoms with Crippen LogP contribution in [0.25, 0.3) is 37.7 Å². The van der Waals surface area contributed by atoms with Crippen LogP contribution in [0, 0.1) is 22.7 Å². The van der Waals surface area contributed by atoms with Crippen molar-refractivity contribution < 1.29 is 14.5 Å². The van der Waals surface area contributed by atoms with Crippen LogP contribution in [0.4, 0.5) is 5.82 Å². The van der Waals surface area contributed by atoms with Gasteiger partial charge >= 0.3 is 5.56 Å². The SMILES string of the molecule is COc1ccc(-c2nc3sc4c(-c5ccc(Cl)cc5)c(C#N)c(N)[nH+]c4n3c(=O)c2C#N)cc1OC. The summed E-state index contributed by atoms with van der Waals surface area (Å²) in [5.41, 5.74) is 8.00. The van der Waals surface area contributed by atoms with E-state index < -0.39 is 5.56 Å². The largest absolute Gasteiger partial charge is 0.493 e. The number of nitrogens with zero attached hydrogens (tertiary/aromatic N) is 4. The summed E-state index contributed by atoms with van der Waals surface area (Å²) in [7, 11) is 3.01. The number of nitrogens with two attached hydrogens (primary N) is 1. The molecule has 36 heavy (non-hydrogen) atoms. The highest BCUT2D eigenvalue weighted by molar-refractivity contribution is 7.24. The number of hydrogen-bond acceptors (Lipinski definition) is 8. The molecule has 0 amide bonds. The molecular formula is C25H16ClN6O3S+. The van der Waals surface area contributed by atoms with Gasteiger partial charge in [0.25, 0.3) is 10.6 Å². The molecule has 3 N–H and O–H groups in total. The molecule has 3 aromatic heterocycles. The average Bonchev–Trinajstić information content (AvgIpc) is 3.26. The van der Waals surface area contributed by atoms with Gasteiger partial charge in [-0.3, -0.25) is 0 Å². The first-order valence-corrected chi connectivity index (χ1v) is 11.6. The second-order valence-electron chi connectivity index (χ2n) is 7.63. The van der Waals surface area contributed by atoms with E-state index in [0.717, 1.165) is 0 Å². The Balaban J connectivity index is 1.88. The fourth-order valence-corrected chi connectivity index (χ4v) is 5.30. The van der Waals surface area contributed by atoms with Gasteiger partial charge in [-0.1, -0.05) is 35.1 Å². The van der Waals surface area contributed by atoms with E-state index >= 15 is 0 Å². The zero-order valence-corrected chi connectivity index (χ0v) is 20.5. The van der Waals surface area contributed by atoms with Crippen LogP contribution in [0.3, 0.4) is 0 Å². The molecule has 0 fully saturated rings. The molecule has 5 rings (SSSR count). The first kappa shape index (κ1) is 23.1. The lowest BCUT2D eigenvalue weighted by atomic mass is 10.0. The van der Waals surface area contributed by atoms with Gasteiger partial charge in [-0.25, -0.2) is 14.8 Å². The number of pyridine rings is 1. The molecule has 0 saturated carbocycles. The molecule has 0 aliphatic heterocycles. The number of nitrogens with one attached hydrogen (secondary N) is 1. The van der Waals surface area contributed by atoms with Crippen molar-refractivity contribution in [2.75, 3.05) is 20.0 Å². The van der Waals surface area contributed by atoms with Crippen molar-refractivity contribution in [3.05, 3.63) is 69.0 Å². The third kappa shape index (κ3) is 3.48. The first-order chi connectivity index (χ1) is 17.4. The van der Waals surface area contributed by atoms with Gasteiger partial charge < -0.3 is 15.2 Å². The minimum Gasteiger partial charge on any atom is -0.493 e. The van der Waals surface area contributed by atoms with Crippen molar-refractivity contribution in [1.29, 1.82) is 10.5 Å². The molecule has 0 atom stereocenters. The van der Waals surface area contributed by atoms with Crippen LogP contribution >= 0.6 is 22.9 Å². The Hall–Kier alpha value is -4.64. The Kier molecular flexibility index (Phi) is 5.69. The van der Waals surface area contributed by atoms with Gasteiger partial charge in [0, 0.05) is 16.1 Å². The molecule has 0 aliphatic rings. The number of nitrogen functional groups attached to an aromatic ring is 1. The molecule has 3 heterocycles. The maximum Gasteiger partial charge on any atom is 0.333 e. The number of fused-ring (bicyclic) bond motifs is 3. The molecule has 0 aliphatic carbocycles. The van der Waals surface area contributed by atoms with Crippen LogP contribution in [-0.2, 0) is 0 Å². The van der Waals surface area contributed by atoms with Crippen molar-refractivity contribution >= 4 is 44.1 Å². The van der Waals surface area contributed by atoms with Crippen molar-refractivity contribution in [2.45, 2.75) is 0 Å². The molecule has 2 aromatic carbocycles. The standard InChI is InChI=1S/C25H15ClN6O3S/c1-34-17-8-5-13(9-18(17)35-2)20-16(11-28)24(33)32-23-21(36-25(32)30-20)19(15(10-27)22(29)31-23)12-3-6-14(26)7-4-12/h3-9H,1-2H3,(H2,29,31)/p+1. The number of hydrogen-bond donors (Lipinski definition) is 1. The monoisotopic (exact) mass is 515 g/mol. The summed E-state index contributed by atoms with van der Waals surface area (Å²) in [5, 5.41) is 20.3. The predicted molar refractivity (Wildman–Crippen MR) is 136 cm³/mol. The fraction of sp³-hybridized carbons (Fsp3) is 0.0800. The van der Waals surface area contributed by atoms with Crippen molar-refractivity contribution in [2.24, 2.45) is 0 Å². The molecule has 0 spiro atoms. The molecule has 0 unspecified atom stereocenters. The normalized spacial score (nSPS) is 10.8. The van der Waals surface area contributed by atoms with Gasteiger partial charge in [0.2, 0.25) is 5.82 Å². The van der Waals surface area contributed by atoms with Gasteiger partial charge in [-0.2, -0.15) is 14.9 Å². The highest BCUT2D eigenvalue weighted by Gasteiger charge is 2.27. The van der Waals surface area contributed by atoms with Gasteiger partial charge in [-0.05, 0) is 35.9 Å². The third-order valence-corrected chi connectivity index (χ3v) is 7.01. The number of halogens is 1. The Morgan fingerprint density at radius 1 is 1.03 bits per heavy atom. The first-order valence-electron chi connectivity index (χ1n) is 10.4. The lowest BCUT2D eigenvalue weighted by Gasteiger charge is -2.09. The summed E-state index contributed by atoms with van der Waals surface area (Å²) >= 11 is 7.26. The van der Waals surface area contributed by atoms with Gasteiger partial charge in [-0.15, -0.1) is 0 Å². The van der Waals surface area contributed by atoms with Crippen molar-refractivity contribution in [1.82, 2.24) is 9.38 Å². The van der Waals surface area contributed by atoms with Gasteiger partial charge in [0.1, 0.15) is 28.1 Å². The Bertz CT molecular complexity index is 1830. The zero-order chi connectivity index (χ0) is 25.6. The maximum atomic E-state index is 13.6. The highest BCUT2D eigenvalue weighted by Crippen LogP contribution is 2.38. The van der Waals surface area contributed by atoms with Crippen molar-refractivity contribution in [3.8, 4) is 46.0 Å². The minimum absolute atomic E-state index is 0.0871. The lowest BCUT2D eigenvalue weighted by Crippen LogP contribution is -2.23. The van der Waals surface area contributed by atoms with Crippen LogP contribution < -0.4 is 25.8 Å². The summed E-state index contributed by atoms with van der Waals surface area (Å²) in [6.07, 6.45) is 0. The number of aromatic nitrogens is 3. The Morgan fingerprint density at radius 2 is 1.69 bits per heavy atom. The fourth-order valence-electron chi connectivity index (χ4n) is 4.03. The third-order valence-electron chi connectivity index (χ3n) is 5.70. The van der Waals surface area contributed by atoms with Crippen LogP contribution in [0.1, 0.15) is 11.1 Å². The summed E-state index contributed by atoms with van der Waals surface area (Å²) in [6.45, 7) is 0. The molecule has 5 aromatic rings. The molecule has 0 radical (unpaired) electrons. The van der Waals surface area contributed by atoms with Crippen LogP contribution in [-0.4, -0.2) is 23.6 Å². The summed E-state index contributed by atoms with van der Waals surface area (Å²) < 4.78 is 12.6. The number of H-pyrrole nitrogens is 1. The number of rotatable bonds is 4. The molecule has 9 nitrogen and oxygen atoms in total. The molecular weight excluding hydrogens is 500 g/mol. The zero-order valence-electron chi connectivity index (χ0n) is 18.9. The number of ether oxygens (including phenoxy) is 2. The Labute approximate surface area is 213 Å². The topological polar surface area (TPSA) is 141 Å². The average molecular weight is 516 g/mol. The van der Waals surface area contributed by atoms with E-state index in [2.05, 4.69) is 16.0 Å². The minimum atomic E-state index is -0.569. The summed E-state index contributed by atoms with van der Waals surface area (Å²) in [4.78, 5) is 21.5. The second kappa shape index (κ2) is 8.86. The Morgan fingerprint density at radius 3 is 2.33 bits per heavy atom. The molecule has 11 heteroatoms. The lowest BCUT2D eigenvalue weighted by molar-refractivity contribution is -0.330. The quantitative estimate of drug-likeness (QED) is 0.380. The number of anilines is 1. The van der Waals surface area contributed by atoms with E-state index in [1.807, 2.05) is 6.07 Å². The van der Waals surface area contributed by atoms with E-state index in [1.165, 1.54) is 30.0 Å². The number of thiazole rings is 1. The van der Waals surface area contributed by atoms with E-state index in [1.54, 1.807) is 42.5 Å². The van der Waals surface area contributed by atoms with E-state index in [-0.39, 0.29) is 22.6 Å². The van der Waals surface area contributed by atoms with E-state index in [0.29, 0.717) is 48.5 Å². The van der Waals surface area contributed by atoms with E-state index in [4.69, 9.17) is 26.8 Å². The number of methoxy groups -OCH3 is 2. The van der Waals surface area contributed by atoms with Gasteiger partial charge in [0.05, 0.1) is 14.2 Å². The predicted octanol–water partition coefficient (Wildman–Crippen LogP) is 4.05. The second-order valence-corrected chi connectivity index (χ2v) is 9.04. The van der Waals surface area contributed by atoms with E-state index in [9.17, 15) is 15.3 Å². The summed E-state index contributed by atoms with van der Waals surface area (Å²) in [6, 6.07) is 16.1. The molecule has 176 valence electrons. The van der Waals surface area contributed by atoms with Crippen molar-refractivity contribution in [3.63, 3.8) is 0 Å². The molecule has 0 bridgehead atoms. The van der Waals surface area contributed by atoms with Gasteiger partial charge in [0.15, 0.2) is 17.1 Å². The number of benzene rings is 2.